The Morgan fingerprint density at radius 3 is 2.70 bits per heavy atom. The Hall–Kier alpha value is -2.57. The second kappa shape index (κ2) is 9.39. The number of hydrogen-bond acceptors (Lipinski definition) is 4. The minimum absolute atomic E-state index is 0.0830. The molecule has 0 aliphatic carbocycles. The second-order valence-electron chi connectivity index (χ2n) is 7.24. The molecule has 0 fully saturated rings. The molecular weight excluding hydrogens is 347 g/mol. The first-order valence-corrected chi connectivity index (χ1v) is 9.13. The third-order valence-electron chi connectivity index (χ3n) is 3.87. The van der Waals surface area contributed by atoms with Crippen LogP contribution in [0.1, 0.15) is 39.3 Å². The van der Waals surface area contributed by atoms with E-state index in [2.05, 4.69) is 36.1 Å². The van der Waals surface area contributed by atoms with E-state index in [1.54, 1.807) is 24.4 Å². The van der Waals surface area contributed by atoms with E-state index in [0.29, 0.717) is 31.5 Å². The summed E-state index contributed by atoms with van der Waals surface area (Å²) >= 11 is 0. The minimum Gasteiger partial charge on any atom is -0.489 e. The molecule has 0 saturated carbocycles. The monoisotopic (exact) mass is 376 g/mol. The number of guanidine groups is 1. The fraction of sp³-hybridized carbons (Fsp3) is 0.500. The quantitative estimate of drug-likeness (QED) is 0.591. The maximum Gasteiger partial charge on any atom is 0.216 e. The molecule has 0 bridgehead atoms. The molecule has 2 rings (SSSR count). The average Bonchev–Trinajstić information content (AvgIpc) is 3.09. The molecule has 1 aromatic carbocycles. The number of nitrogens with zero attached hydrogens (tertiary/aromatic N) is 3. The van der Waals surface area contributed by atoms with Gasteiger partial charge < -0.3 is 19.4 Å². The van der Waals surface area contributed by atoms with Gasteiger partial charge in [-0.1, -0.05) is 32.9 Å². The van der Waals surface area contributed by atoms with Crippen LogP contribution >= 0.6 is 0 Å². The van der Waals surface area contributed by atoms with Crippen LogP contribution in [0.3, 0.4) is 0 Å². The molecule has 0 amide bonds. The number of halogens is 1. The maximum atomic E-state index is 13.6. The predicted octanol–water partition coefficient (Wildman–Crippen LogP) is 3.59. The molecule has 2 aromatic rings. The molecule has 0 spiro atoms. The zero-order valence-corrected chi connectivity index (χ0v) is 16.8. The van der Waals surface area contributed by atoms with Gasteiger partial charge in [0, 0.05) is 19.0 Å². The van der Waals surface area contributed by atoms with Gasteiger partial charge in [0.2, 0.25) is 5.89 Å². The van der Waals surface area contributed by atoms with Crippen LogP contribution < -0.4 is 10.1 Å². The number of benzene rings is 1. The summed E-state index contributed by atoms with van der Waals surface area (Å²) in [6.45, 7) is 10.2. The molecule has 0 atom stereocenters. The minimum atomic E-state index is -0.362. The number of aromatic nitrogens is 1. The van der Waals surface area contributed by atoms with Crippen LogP contribution in [0.25, 0.3) is 0 Å². The first-order chi connectivity index (χ1) is 12.8. The van der Waals surface area contributed by atoms with Gasteiger partial charge in [-0.25, -0.2) is 14.4 Å². The zero-order chi connectivity index (χ0) is 19.9. The van der Waals surface area contributed by atoms with E-state index in [4.69, 9.17) is 9.15 Å². The number of likely N-dealkylation sites (N-methyl/N-ethyl adjacent to an activating group) is 1. The summed E-state index contributed by atoms with van der Waals surface area (Å²) < 4.78 is 24.9. The third kappa shape index (κ3) is 6.27. The van der Waals surface area contributed by atoms with E-state index in [1.165, 1.54) is 6.07 Å². The lowest BCUT2D eigenvalue weighted by atomic mass is 9.94. The SMILES string of the molecule is CCNC(=NCc1ncc(C(C)(C)C)o1)N(C)CCOc1ccccc1F. The molecule has 27 heavy (non-hydrogen) atoms. The Morgan fingerprint density at radius 2 is 2.07 bits per heavy atom. The number of oxazole rings is 1. The number of rotatable bonds is 7. The fourth-order valence-corrected chi connectivity index (χ4v) is 2.30. The van der Waals surface area contributed by atoms with E-state index in [1.807, 2.05) is 18.9 Å². The van der Waals surface area contributed by atoms with Crippen molar-refractivity contribution < 1.29 is 13.5 Å². The van der Waals surface area contributed by atoms with Crippen LogP contribution in [-0.2, 0) is 12.0 Å². The van der Waals surface area contributed by atoms with E-state index < -0.39 is 0 Å². The van der Waals surface area contributed by atoms with Crippen LogP contribution in [0.5, 0.6) is 5.75 Å². The van der Waals surface area contributed by atoms with Crippen molar-refractivity contribution in [3.8, 4) is 5.75 Å². The van der Waals surface area contributed by atoms with E-state index >= 15 is 0 Å². The molecule has 1 N–H and O–H groups in total. The van der Waals surface area contributed by atoms with Crippen LogP contribution in [0.4, 0.5) is 4.39 Å². The number of aliphatic imine (C=N–C) groups is 1. The summed E-state index contributed by atoms with van der Waals surface area (Å²) in [4.78, 5) is 10.8. The molecule has 148 valence electrons. The molecule has 0 radical (unpaired) electrons. The largest absolute Gasteiger partial charge is 0.489 e. The van der Waals surface area contributed by atoms with Gasteiger partial charge in [-0.15, -0.1) is 0 Å². The number of ether oxygens (including phenoxy) is 1. The number of para-hydroxylation sites is 1. The lowest BCUT2D eigenvalue weighted by Crippen LogP contribution is -2.40. The number of nitrogens with one attached hydrogen (secondary N) is 1. The second-order valence-corrected chi connectivity index (χ2v) is 7.24. The van der Waals surface area contributed by atoms with Crippen LogP contribution in [0.2, 0.25) is 0 Å². The summed E-state index contributed by atoms with van der Waals surface area (Å²) in [6, 6.07) is 6.38. The van der Waals surface area contributed by atoms with Gasteiger partial charge in [-0.2, -0.15) is 0 Å². The Bertz CT molecular complexity index is 752. The molecule has 0 saturated heterocycles. The standard InChI is InChI=1S/C20H29FN4O2/c1-6-22-19(24-14-18-23-13-17(27-18)20(2,3)4)25(5)11-12-26-16-10-8-7-9-15(16)21/h7-10,13H,6,11-12,14H2,1-5H3,(H,22,24). The summed E-state index contributed by atoms with van der Waals surface area (Å²) in [7, 11) is 1.91. The molecular formula is C20H29FN4O2. The van der Waals surface area contributed by atoms with E-state index in [9.17, 15) is 4.39 Å². The highest BCUT2D eigenvalue weighted by Crippen LogP contribution is 2.22. The van der Waals surface area contributed by atoms with Crippen molar-refractivity contribution in [3.63, 3.8) is 0 Å². The lowest BCUT2D eigenvalue weighted by molar-refractivity contribution is 0.270. The molecule has 6 nitrogen and oxygen atoms in total. The number of hydrogen-bond donors (Lipinski definition) is 1. The van der Waals surface area contributed by atoms with Crippen molar-refractivity contribution in [1.82, 2.24) is 15.2 Å². The third-order valence-corrected chi connectivity index (χ3v) is 3.87. The highest BCUT2D eigenvalue weighted by atomic mass is 19.1. The van der Waals surface area contributed by atoms with Crippen LogP contribution in [0, 0.1) is 5.82 Å². The van der Waals surface area contributed by atoms with Gasteiger partial charge in [0.25, 0.3) is 0 Å². The van der Waals surface area contributed by atoms with Crippen molar-refractivity contribution in [2.75, 3.05) is 26.7 Å². The van der Waals surface area contributed by atoms with Gasteiger partial charge in [0.1, 0.15) is 18.9 Å². The van der Waals surface area contributed by atoms with Crippen molar-refractivity contribution in [2.24, 2.45) is 4.99 Å². The normalized spacial score (nSPS) is 12.1. The fourth-order valence-electron chi connectivity index (χ4n) is 2.30. The predicted molar refractivity (Wildman–Crippen MR) is 105 cm³/mol. The van der Waals surface area contributed by atoms with E-state index in [-0.39, 0.29) is 17.0 Å². The first kappa shape index (κ1) is 20.7. The molecule has 1 aromatic heterocycles. The van der Waals surface area contributed by atoms with Gasteiger partial charge in [-0.05, 0) is 19.1 Å². The zero-order valence-electron chi connectivity index (χ0n) is 16.8. The summed E-state index contributed by atoms with van der Waals surface area (Å²) in [5, 5.41) is 3.23. The summed E-state index contributed by atoms with van der Waals surface area (Å²) in [5.74, 6) is 2.02. The summed E-state index contributed by atoms with van der Waals surface area (Å²) in [5.41, 5.74) is -0.0830. The van der Waals surface area contributed by atoms with Crippen molar-refractivity contribution in [3.05, 3.63) is 47.9 Å². The molecule has 7 heteroatoms. The molecule has 0 aliphatic heterocycles. The Kier molecular flexibility index (Phi) is 7.21. The molecule has 0 aliphatic rings. The Balaban J connectivity index is 1.93. The highest BCUT2D eigenvalue weighted by molar-refractivity contribution is 5.79. The molecule has 0 unspecified atom stereocenters. The van der Waals surface area contributed by atoms with Gasteiger partial charge in [0.15, 0.2) is 17.5 Å². The average molecular weight is 376 g/mol. The van der Waals surface area contributed by atoms with Gasteiger partial charge in [-0.3, -0.25) is 0 Å². The van der Waals surface area contributed by atoms with Crippen molar-refractivity contribution in [2.45, 2.75) is 39.7 Å². The summed E-state index contributed by atoms with van der Waals surface area (Å²) in [6.07, 6.45) is 1.75. The lowest BCUT2D eigenvalue weighted by Gasteiger charge is -2.22. The smallest absolute Gasteiger partial charge is 0.216 e. The van der Waals surface area contributed by atoms with Crippen molar-refractivity contribution >= 4 is 5.96 Å². The Labute approximate surface area is 160 Å². The topological polar surface area (TPSA) is 62.9 Å². The first-order valence-electron chi connectivity index (χ1n) is 9.13. The maximum absolute atomic E-state index is 13.6. The van der Waals surface area contributed by atoms with Crippen molar-refractivity contribution in [1.29, 1.82) is 0 Å². The molecule has 1 heterocycles. The van der Waals surface area contributed by atoms with Gasteiger partial charge in [0.05, 0.1) is 12.7 Å². The van der Waals surface area contributed by atoms with Crippen LogP contribution in [0.15, 0.2) is 39.9 Å². The highest BCUT2D eigenvalue weighted by Gasteiger charge is 2.19. The van der Waals surface area contributed by atoms with Crippen LogP contribution in [-0.4, -0.2) is 42.6 Å². The Morgan fingerprint density at radius 1 is 1.33 bits per heavy atom. The van der Waals surface area contributed by atoms with Gasteiger partial charge >= 0.3 is 0 Å². The van der Waals surface area contributed by atoms with E-state index in [0.717, 1.165) is 12.3 Å².